The molecule has 2 rings (SSSR count). The van der Waals surface area contributed by atoms with Crippen LogP contribution >= 0.6 is 0 Å². The van der Waals surface area contributed by atoms with Gasteiger partial charge in [-0.15, -0.1) is 0 Å². The van der Waals surface area contributed by atoms with Crippen molar-refractivity contribution in [3.8, 4) is 17.7 Å². The summed E-state index contributed by atoms with van der Waals surface area (Å²) >= 11 is 0. The van der Waals surface area contributed by atoms with E-state index in [4.69, 9.17) is 15.1 Å². The first kappa shape index (κ1) is 11.1. The fraction of sp³-hybridized carbons (Fsp3) is 0.0769. The van der Waals surface area contributed by atoms with E-state index in [2.05, 4.69) is 4.98 Å². The van der Waals surface area contributed by atoms with Crippen molar-refractivity contribution in [1.82, 2.24) is 4.98 Å². The molecule has 0 atom stereocenters. The Morgan fingerprint density at radius 2 is 2.18 bits per heavy atom. The minimum atomic E-state index is -0.0511. The number of nitriles is 1. The van der Waals surface area contributed by atoms with Crippen molar-refractivity contribution in [3.63, 3.8) is 0 Å². The molecule has 0 saturated carbocycles. The Balaban J connectivity index is 2.28. The number of rotatable bonds is 3. The fourth-order valence-electron chi connectivity index (χ4n) is 1.38. The third kappa shape index (κ3) is 2.60. The summed E-state index contributed by atoms with van der Waals surface area (Å²) in [5.74, 6) is 0.817. The van der Waals surface area contributed by atoms with Crippen molar-refractivity contribution in [2.75, 3.05) is 0 Å². The summed E-state index contributed by atoms with van der Waals surface area (Å²) in [4.78, 5) is 3.99. The quantitative estimate of drug-likeness (QED) is 0.871. The third-order valence-electron chi connectivity index (χ3n) is 2.19. The van der Waals surface area contributed by atoms with Crippen LogP contribution in [-0.4, -0.2) is 10.1 Å². The number of aromatic nitrogens is 1. The molecule has 0 spiro atoms. The van der Waals surface area contributed by atoms with Gasteiger partial charge in [-0.25, -0.2) is 4.98 Å². The zero-order valence-corrected chi connectivity index (χ0v) is 9.00. The van der Waals surface area contributed by atoms with Gasteiger partial charge in [-0.3, -0.25) is 0 Å². The summed E-state index contributed by atoms with van der Waals surface area (Å²) in [6, 6.07) is 12.3. The maximum atomic E-state index is 9.01. The number of nitrogens with zero attached hydrogens (tertiary/aromatic N) is 2. The third-order valence-corrected chi connectivity index (χ3v) is 2.19. The Hall–Kier alpha value is -2.38. The molecule has 0 aliphatic heterocycles. The van der Waals surface area contributed by atoms with Crippen LogP contribution in [0.3, 0.4) is 0 Å². The molecule has 0 saturated heterocycles. The number of hydrogen-bond acceptors (Lipinski definition) is 4. The maximum absolute atomic E-state index is 9.01. The lowest BCUT2D eigenvalue weighted by Crippen LogP contribution is -1.92. The predicted molar refractivity (Wildman–Crippen MR) is 61.4 cm³/mol. The van der Waals surface area contributed by atoms with E-state index in [1.807, 2.05) is 6.07 Å². The Labute approximate surface area is 98.7 Å². The van der Waals surface area contributed by atoms with E-state index in [1.54, 1.807) is 42.6 Å². The lowest BCUT2D eigenvalue weighted by atomic mass is 10.2. The highest BCUT2D eigenvalue weighted by molar-refractivity contribution is 5.40. The fourth-order valence-corrected chi connectivity index (χ4v) is 1.38. The average molecular weight is 226 g/mol. The molecule has 2 aromatic rings. The van der Waals surface area contributed by atoms with E-state index in [9.17, 15) is 0 Å². The normalized spacial score (nSPS) is 9.65. The average Bonchev–Trinajstić information content (AvgIpc) is 2.39. The van der Waals surface area contributed by atoms with E-state index < -0.39 is 0 Å². The molecule has 1 heterocycles. The van der Waals surface area contributed by atoms with Crippen molar-refractivity contribution < 1.29 is 9.84 Å². The Kier molecular flexibility index (Phi) is 3.34. The lowest BCUT2D eigenvalue weighted by molar-refractivity contribution is 0.281. The van der Waals surface area contributed by atoms with Crippen molar-refractivity contribution in [2.45, 2.75) is 6.61 Å². The molecule has 1 N–H and O–H groups in total. The molecule has 0 fully saturated rings. The molecule has 0 radical (unpaired) electrons. The van der Waals surface area contributed by atoms with Gasteiger partial charge < -0.3 is 9.84 Å². The topological polar surface area (TPSA) is 66.1 Å². The summed E-state index contributed by atoms with van der Waals surface area (Å²) < 4.78 is 5.50. The highest BCUT2D eigenvalue weighted by Crippen LogP contribution is 2.23. The Morgan fingerprint density at radius 1 is 1.29 bits per heavy atom. The first-order valence-electron chi connectivity index (χ1n) is 5.06. The largest absolute Gasteiger partial charge is 0.438 e. The molecule has 4 nitrogen and oxygen atoms in total. The van der Waals surface area contributed by atoms with Gasteiger partial charge in [-0.2, -0.15) is 5.26 Å². The molecule has 1 aromatic carbocycles. The Bertz CT molecular complexity index is 561. The van der Waals surface area contributed by atoms with Crippen molar-refractivity contribution >= 4 is 0 Å². The zero-order valence-electron chi connectivity index (χ0n) is 9.00. The summed E-state index contributed by atoms with van der Waals surface area (Å²) in [6.07, 6.45) is 1.56. The predicted octanol–water partition coefficient (Wildman–Crippen LogP) is 2.24. The second kappa shape index (κ2) is 5.10. The van der Waals surface area contributed by atoms with Crippen LogP contribution in [0.2, 0.25) is 0 Å². The Morgan fingerprint density at radius 3 is 2.94 bits per heavy atom. The molecule has 0 aliphatic carbocycles. The maximum Gasteiger partial charge on any atom is 0.237 e. The van der Waals surface area contributed by atoms with E-state index >= 15 is 0 Å². The van der Waals surface area contributed by atoms with Crippen LogP contribution in [0.4, 0.5) is 0 Å². The van der Waals surface area contributed by atoms with Gasteiger partial charge in [0.2, 0.25) is 5.88 Å². The minimum Gasteiger partial charge on any atom is -0.438 e. The SMILES string of the molecule is N#Cc1cccnc1Oc1cccc(CO)c1. The van der Waals surface area contributed by atoms with Crippen LogP contribution in [0.15, 0.2) is 42.6 Å². The number of hydrogen-bond donors (Lipinski definition) is 1. The van der Waals surface area contributed by atoms with Gasteiger partial charge in [-0.1, -0.05) is 12.1 Å². The monoisotopic (exact) mass is 226 g/mol. The van der Waals surface area contributed by atoms with Crippen molar-refractivity contribution in [1.29, 1.82) is 5.26 Å². The van der Waals surface area contributed by atoms with Crippen LogP contribution in [-0.2, 0) is 6.61 Å². The van der Waals surface area contributed by atoms with Gasteiger partial charge in [0.05, 0.1) is 6.61 Å². The molecule has 4 heteroatoms. The molecular formula is C13H10N2O2. The zero-order chi connectivity index (χ0) is 12.1. The molecule has 0 unspecified atom stereocenters. The smallest absolute Gasteiger partial charge is 0.237 e. The molecule has 17 heavy (non-hydrogen) atoms. The number of aliphatic hydroxyl groups is 1. The highest BCUT2D eigenvalue weighted by Gasteiger charge is 2.05. The van der Waals surface area contributed by atoms with E-state index in [1.165, 1.54) is 0 Å². The first-order valence-corrected chi connectivity index (χ1v) is 5.06. The van der Waals surface area contributed by atoms with Gasteiger partial charge in [-0.05, 0) is 29.8 Å². The molecule has 0 aliphatic rings. The van der Waals surface area contributed by atoms with Crippen LogP contribution in [0.1, 0.15) is 11.1 Å². The van der Waals surface area contributed by atoms with Gasteiger partial charge in [0.15, 0.2) is 0 Å². The van der Waals surface area contributed by atoms with E-state index in [-0.39, 0.29) is 12.5 Å². The molecule has 84 valence electrons. The summed E-state index contributed by atoms with van der Waals surface area (Å²) in [5.41, 5.74) is 1.12. The first-order chi connectivity index (χ1) is 8.33. The van der Waals surface area contributed by atoms with Crippen LogP contribution < -0.4 is 4.74 Å². The second-order valence-corrected chi connectivity index (χ2v) is 3.38. The lowest BCUT2D eigenvalue weighted by Gasteiger charge is -2.06. The molecule has 1 aromatic heterocycles. The van der Waals surface area contributed by atoms with E-state index in [0.29, 0.717) is 11.3 Å². The second-order valence-electron chi connectivity index (χ2n) is 3.38. The van der Waals surface area contributed by atoms with Crippen LogP contribution in [0, 0.1) is 11.3 Å². The molecule has 0 bridgehead atoms. The van der Waals surface area contributed by atoms with Crippen molar-refractivity contribution in [3.05, 3.63) is 53.7 Å². The molecule has 0 amide bonds. The number of aliphatic hydroxyl groups excluding tert-OH is 1. The van der Waals surface area contributed by atoms with Crippen LogP contribution in [0.5, 0.6) is 11.6 Å². The van der Waals surface area contributed by atoms with Gasteiger partial charge in [0, 0.05) is 6.20 Å². The van der Waals surface area contributed by atoms with Gasteiger partial charge >= 0.3 is 0 Å². The summed E-state index contributed by atoms with van der Waals surface area (Å²) in [5, 5.41) is 17.9. The summed E-state index contributed by atoms with van der Waals surface area (Å²) in [7, 11) is 0. The number of benzene rings is 1. The van der Waals surface area contributed by atoms with Gasteiger partial charge in [0.25, 0.3) is 0 Å². The molecular weight excluding hydrogens is 216 g/mol. The standard InChI is InChI=1S/C13H10N2O2/c14-8-11-4-2-6-15-13(11)17-12-5-1-3-10(7-12)9-16/h1-7,16H,9H2. The van der Waals surface area contributed by atoms with E-state index in [0.717, 1.165) is 5.56 Å². The minimum absolute atomic E-state index is 0.0511. The highest BCUT2D eigenvalue weighted by atomic mass is 16.5. The van der Waals surface area contributed by atoms with Crippen LogP contribution in [0.25, 0.3) is 0 Å². The number of pyridine rings is 1. The summed E-state index contributed by atoms with van der Waals surface area (Å²) in [6.45, 7) is -0.0511. The number of ether oxygens (including phenoxy) is 1. The van der Waals surface area contributed by atoms with Gasteiger partial charge in [0.1, 0.15) is 17.4 Å². The van der Waals surface area contributed by atoms with Crippen molar-refractivity contribution in [2.24, 2.45) is 0 Å².